The molecular formula is C37H50Cl2N5O12P. The predicted molar refractivity (Wildman–Crippen MR) is 210 cm³/mol. The fraction of sp³-hybridized carbons (Fsp3) is 0.568. The standard InChI is InChI=1S/C20H25N3O.C10H10O8.C7H15Cl2N2O3P/c1-4-23(5-2)20(24)14-9-16-15-7-6-8-17-19(15)13(11-21-17)10-18(16)22(3)12-14;1-3(11)15-7-5-6(18-9(7)13)8(10(14)17-5)16-4(2)12;8-2-4-11(5-3-9)15(10,13)14-7-1-6-12/h6-9,11,14,18,21H,4-5,10,12H2,1-3H3;5-8H,1-2H3;6H,1-5,7H2,(H2,10,13)/t14-,18-;5-,6-,7-,8+;/m11./s1. The van der Waals surface area contributed by atoms with Crippen molar-refractivity contribution in [1.82, 2.24) is 19.5 Å². The molecule has 2 fully saturated rings. The zero-order valence-electron chi connectivity index (χ0n) is 32.5. The number of likely N-dealkylation sites (N-methyl/N-ethyl adjacent to an activating group) is 1. The van der Waals surface area contributed by atoms with Crippen molar-refractivity contribution in [3.05, 3.63) is 41.6 Å². The third-order valence-corrected chi connectivity index (χ3v) is 11.8. The molecule has 57 heavy (non-hydrogen) atoms. The van der Waals surface area contributed by atoms with Gasteiger partial charge in [-0.15, -0.1) is 23.2 Å². The molecular weight excluding hydrogens is 808 g/mol. The van der Waals surface area contributed by atoms with Crippen molar-refractivity contribution in [2.45, 2.75) is 71.0 Å². The molecule has 2 aromatic rings. The van der Waals surface area contributed by atoms with Crippen LogP contribution < -0.4 is 5.50 Å². The van der Waals surface area contributed by atoms with Crippen LogP contribution in [-0.2, 0) is 63.2 Å². The molecule has 3 aliphatic heterocycles. The van der Waals surface area contributed by atoms with Crippen molar-refractivity contribution < 1.29 is 56.8 Å². The number of H-pyrrole nitrogens is 1. The number of fused-ring (bicyclic) bond motifs is 3. The molecule has 1 unspecified atom stereocenters. The number of aromatic amines is 1. The van der Waals surface area contributed by atoms with Gasteiger partial charge in [-0.1, -0.05) is 18.2 Å². The molecule has 1 aromatic heterocycles. The summed E-state index contributed by atoms with van der Waals surface area (Å²) in [5, 5.41) is 1.34. The largest absolute Gasteiger partial charge is 0.451 e. The summed E-state index contributed by atoms with van der Waals surface area (Å²) in [6.07, 6.45) is 1.49. The van der Waals surface area contributed by atoms with Crippen LogP contribution in [-0.4, -0.2) is 144 Å². The second kappa shape index (κ2) is 20.7. The van der Waals surface area contributed by atoms with E-state index in [0.29, 0.717) is 25.4 Å². The van der Waals surface area contributed by atoms with Gasteiger partial charge >= 0.3 is 31.5 Å². The number of rotatable bonds is 14. The Morgan fingerprint density at radius 1 is 1.02 bits per heavy atom. The number of alkyl halides is 2. The average Bonchev–Trinajstić information content (AvgIpc) is 3.81. The quantitative estimate of drug-likeness (QED) is 0.0697. The first-order valence-electron chi connectivity index (χ1n) is 18.5. The van der Waals surface area contributed by atoms with Gasteiger partial charge in [-0.2, -0.15) is 0 Å². The Bertz CT molecular complexity index is 1830. The van der Waals surface area contributed by atoms with Gasteiger partial charge in [-0.05, 0) is 50.1 Å². The Labute approximate surface area is 340 Å². The van der Waals surface area contributed by atoms with Gasteiger partial charge in [-0.25, -0.2) is 19.8 Å². The van der Waals surface area contributed by atoms with E-state index >= 15 is 0 Å². The lowest BCUT2D eigenvalue weighted by Gasteiger charge is -2.40. The van der Waals surface area contributed by atoms with Crippen LogP contribution >= 0.6 is 30.9 Å². The van der Waals surface area contributed by atoms with Crippen molar-refractivity contribution in [2.75, 3.05) is 58.1 Å². The van der Waals surface area contributed by atoms with Gasteiger partial charge in [0.15, 0.2) is 12.2 Å². The molecule has 314 valence electrons. The first kappa shape index (κ1) is 45.9. The van der Waals surface area contributed by atoms with Crippen LogP contribution in [0.25, 0.3) is 16.5 Å². The number of aromatic nitrogens is 1. The van der Waals surface area contributed by atoms with Crippen molar-refractivity contribution in [3.63, 3.8) is 0 Å². The number of hydrogen-bond donors (Lipinski definition) is 2. The molecule has 0 saturated carbocycles. The Balaban J connectivity index is 0.000000197. The highest BCUT2D eigenvalue weighted by atomic mass is 35.5. The molecule has 17 nitrogen and oxygen atoms in total. The first-order chi connectivity index (χ1) is 27.1. The number of carbonyl (C=O) groups excluding carboxylic acids is 6. The maximum atomic E-state index is 12.9. The summed E-state index contributed by atoms with van der Waals surface area (Å²) in [7, 11) is -1.21. The molecule has 6 rings (SSSR count). The van der Waals surface area contributed by atoms with Crippen LogP contribution in [0.15, 0.2) is 30.5 Å². The molecule has 0 bridgehead atoms. The van der Waals surface area contributed by atoms with E-state index in [4.69, 9.17) is 52.2 Å². The van der Waals surface area contributed by atoms with Crippen molar-refractivity contribution in [1.29, 1.82) is 0 Å². The lowest BCUT2D eigenvalue weighted by molar-refractivity contribution is -0.173. The van der Waals surface area contributed by atoms with E-state index in [1.807, 2.05) is 4.90 Å². The molecule has 7 atom stereocenters. The lowest BCUT2D eigenvalue weighted by atomic mass is 9.79. The van der Waals surface area contributed by atoms with Crippen LogP contribution in [0.3, 0.4) is 0 Å². The molecule has 0 radical (unpaired) electrons. The molecule has 20 heteroatoms. The molecule has 1 aliphatic carbocycles. The van der Waals surface area contributed by atoms with Crippen LogP contribution in [0.4, 0.5) is 0 Å². The van der Waals surface area contributed by atoms with Crippen molar-refractivity contribution >= 4 is 83.4 Å². The van der Waals surface area contributed by atoms with E-state index in [0.717, 1.165) is 39.9 Å². The highest BCUT2D eigenvalue weighted by Gasteiger charge is 2.61. The SMILES string of the molecule is CC(=O)O[C@@H]1C(=O)O[C@@H]2[C@H]1OC(=O)[C@@H]2OC(C)=O.CCN(CC)C(=O)[C@@H]1C=C2c3cccc4[nH]cc(c34)C[C@H]2N(C)C1.NP(=O)(OCCC=O)N(CCCl)CCCl. The summed E-state index contributed by atoms with van der Waals surface area (Å²) < 4.78 is 37.3. The smallest absolute Gasteiger partial charge is 0.352 e. The van der Waals surface area contributed by atoms with E-state index < -0.39 is 56.0 Å². The number of carbonyl (C=O) groups is 6. The van der Waals surface area contributed by atoms with Crippen LogP contribution in [0, 0.1) is 5.92 Å². The van der Waals surface area contributed by atoms with E-state index in [1.54, 1.807) is 0 Å². The summed E-state index contributed by atoms with van der Waals surface area (Å²) in [6.45, 7) is 9.40. The molecule has 1 aromatic carbocycles. The third kappa shape index (κ3) is 11.0. The fourth-order valence-corrected chi connectivity index (χ4v) is 9.07. The van der Waals surface area contributed by atoms with Gasteiger partial charge in [0.1, 0.15) is 6.29 Å². The lowest BCUT2D eigenvalue weighted by Crippen LogP contribution is -2.47. The zero-order valence-corrected chi connectivity index (χ0v) is 34.9. The Morgan fingerprint density at radius 3 is 2.11 bits per heavy atom. The Morgan fingerprint density at radius 2 is 1.60 bits per heavy atom. The number of nitrogens with one attached hydrogen (secondary N) is 1. The average molecular weight is 859 g/mol. The number of ether oxygens (including phenoxy) is 4. The maximum absolute atomic E-state index is 12.9. The van der Waals surface area contributed by atoms with Crippen LogP contribution in [0.5, 0.6) is 0 Å². The van der Waals surface area contributed by atoms with Gasteiger partial charge in [0.2, 0.25) is 18.1 Å². The molecule has 0 spiro atoms. The van der Waals surface area contributed by atoms with E-state index in [2.05, 4.69) is 61.3 Å². The number of halogens is 2. The van der Waals surface area contributed by atoms with E-state index in [1.165, 1.54) is 32.3 Å². The second-order valence-corrected chi connectivity index (χ2v) is 16.2. The molecule has 4 heterocycles. The molecule has 2 saturated heterocycles. The Hall–Kier alpha value is -3.83. The predicted octanol–water partition coefficient (Wildman–Crippen LogP) is 3.05. The number of nitrogens with zero attached hydrogens (tertiary/aromatic N) is 3. The van der Waals surface area contributed by atoms with Gasteiger partial charge in [0.25, 0.3) is 0 Å². The summed E-state index contributed by atoms with van der Waals surface area (Å²) in [4.78, 5) is 75.1. The minimum absolute atomic E-state index is 0.0400. The van der Waals surface area contributed by atoms with Gasteiger partial charge < -0.3 is 38.1 Å². The minimum Gasteiger partial charge on any atom is -0.451 e. The number of benzene rings is 1. The number of esters is 4. The molecule has 4 aliphatic rings. The maximum Gasteiger partial charge on any atom is 0.352 e. The van der Waals surface area contributed by atoms with Gasteiger partial charge in [-0.3, -0.25) is 23.8 Å². The summed E-state index contributed by atoms with van der Waals surface area (Å²) in [5.74, 6) is -2.28. The first-order valence-corrected chi connectivity index (χ1v) is 21.2. The number of hydrogen-bond acceptors (Lipinski definition) is 13. The molecule has 1 amide bonds. The van der Waals surface area contributed by atoms with Crippen molar-refractivity contribution in [2.24, 2.45) is 11.4 Å². The van der Waals surface area contributed by atoms with Crippen LogP contribution in [0.2, 0.25) is 0 Å². The summed E-state index contributed by atoms with van der Waals surface area (Å²) >= 11 is 11.1. The summed E-state index contributed by atoms with van der Waals surface area (Å²) in [6, 6.07) is 6.82. The van der Waals surface area contributed by atoms with Crippen molar-refractivity contribution in [3.8, 4) is 0 Å². The van der Waals surface area contributed by atoms with Crippen LogP contribution in [0.1, 0.15) is 45.2 Å². The fourth-order valence-electron chi connectivity index (χ4n) is 7.13. The number of nitrogens with two attached hydrogens (primary N) is 1. The number of aldehydes is 1. The minimum atomic E-state index is -3.36. The van der Waals surface area contributed by atoms with Gasteiger partial charge in [0.05, 0.1) is 12.5 Å². The van der Waals surface area contributed by atoms with E-state index in [-0.39, 0.29) is 36.6 Å². The monoisotopic (exact) mass is 857 g/mol. The second-order valence-electron chi connectivity index (χ2n) is 13.5. The highest BCUT2D eigenvalue weighted by Crippen LogP contribution is 2.43. The normalized spacial score (nSPS) is 24.3. The number of amides is 1. The Kier molecular flexibility index (Phi) is 16.7. The molecule has 3 N–H and O–H groups in total. The highest BCUT2D eigenvalue weighted by molar-refractivity contribution is 7.53. The third-order valence-electron chi connectivity index (χ3n) is 9.73. The van der Waals surface area contributed by atoms with Gasteiger partial charge in [0, 0.05) is 87.9 Å². The summed E-state index contributed by atoms with van der Waals surface area (Å²) in [5.41, 5.74) is 10.7. The topological polar surface area (TPSA) is 217 Å². The van der Waals surface area contributed by atoms with E-state index in [9.17, 15) is 33.3 Å². The zero-order chi connectivity index (χ0) is 42.0.